The third-order valence-electron chi connectivity index (χ3n) is 5.61. The second kappa shape index (κ2) is 13.7. The maximum Gasteiger partial charge on any atom is 0.244 e. The number of carbonyl (C=O) groups is 2. The number of hydrogen-bond acceptors (Lipinski definition) is 5. The van der Waals surface area contributed by atoms with Gasteiger partial charge in [-0.2, -0.15) is 0 Å². The Kier molecular flexibility index (Phi) is 11.3. The monoisotopic (exact) mass is 557 g/mol. The highest BCUT2D eigenvalue weighted by molar-refractivity contribution is 7.92. The minimum atomic E-state index is -3.82. The number of rotatable bonds is 13. The van der Waals surface area contributed by atoms with Crippen molar-refractivity contribution in [1.29, 1.82) is 0 Å². The van der Waals surface area contributed by atoms with Crippen LogP contribution in [0.25, 0.3) is 0 Å². The van der Waals surface area contributed by atoms with Gasteiger partial charge in [-0.15, -0.1) is 0 Å². The van der Waals surface area contributed by atoms with Crippen LogP contribution in [-0.4, -0.2) is 57.6 Å². The quantitative estimate of drug-likeness (QED) is 0.366. The second-order valence-corrected chi connectivity index (χ2v) is 11.0. The van der Waals surface area contributed by atoms with E-state index in [1.54, 1.807) is 49.4 Å². The molecule has 0 aliphatic rings. The van der Waals surface area contributed by atoms with Crippen molar-refractivity contribution in [2.75, 3.05) is 30.8 Å². The van der Waals surface area contributed by atoms with E-state index in [0.29, 0.717) is 40.0 Å². The molecule has 2 aromatic carbocycles. The van der Waals surface area contributed by atoms with E-state index in [2.05, 4.69) is 5.32 Å². The van der Waals surface area contributed by atoms with Crippen LogP contribution in [0, 0.1) is 0 Å². The van der Waals surface area contributed by atoms with Crippen molar-refractivity contribution in [3.63, 3.8) is 0 Å². The average molecular weight is 559 g/mol. The lowest BCUT2D eigenvalue weighted by atomic mass is 10.1. The first-order valence-corrected chi connectivity index (χ1v) is 14.2. The summed E-state index contributed by atoms with van der Waals surface area (Å²) in [5, 5.41) is 3.66. The molecule has 11 heteroatoms. The minimum Gasteiger partial charge on any atom is -0.497 e. The molecule has 0 fully saturated rings. The van der Waals surface area contributed by atoms with Crippen LogP contribution in [0.5, 0.6) is 5.75 Å². The van der Waals surface area contributed by atoms with Crippen LogP contribution >= 0.6 is 23.2 Å². The van der Waals surface area contributed by atoms with Crippen LogP contribution in [-0.2, 0) is 26.2 Å². The van der Waals surface area contributed by atoms with Crippen LogP contribution in [0.3, 0.4) is 0 Å². The summed E-state index contributed by atoms with van der Waals surface area (Å²) >= 11 is 12.4. The molecule has 2 amide bonds. The molecule has 198 valence electrons. The van der Waals surface area contributed by atoms with Gasteiger partial charge < -0.3 is 15.0 Å². The van der Waals surface area contributed by atoms with Crippen molar-refractivity contribution in [3.05, 3.63) is 58.1 Å². The maximum absolute atomic E-state index is 13.7. The fourth-order valence-electron chi connectivity index (χ4n) is 3.62. The molecule has 2 aromatic rings. The third kappa shape index (κ3) is 8.28. The van der Waals surface area contributed by atoms with Crippen molar-refractivity contribution in [2.24, 2.45) is 0 Å². The van der Waals surface area contributed by atoms with Crippen LogP contribution in [0.15, 0.2) is 42.5 Å². The Morgan fingerprint density at radius 1 is 1.08 bits per heavy atom. The summed E-state index contributed by atoms with van der Waals surface area (Å²) in [4.78, 5) is 28.1. The second-order valence-electron chi connectivity index (χ2n) is 8.29. The molecule has 0 aliphatic carbocycles. The molecule has 1 N–H and O–H groups in total. The average Bonchev–Trinajstić information content (AvgIpc) is 2.83. The number of anilines is 1. The molecule has 0 radical (unpaired) electrons. The molecule has 0 saturated heterocycles. The van der Waals surface area contributed by atoms with Crippen molar-refractivity contribution < 1.29 is 22.7 Å². The number of sulfonamides is 1. The first kappa shape index (κ1) is 29.7. The number of nitrogens with zero attached hydrogens (tertiary/aromatic N) is 2. The van der Waals surface area contributed by atoms with E-state index in [1.165, 1.54) is 12.0 Å². The lowest BCUT2D eigenvalue weighted by molar-refractivity contribution is -0.140. The highest BCUT2D eigenvalue weighted by Gasteiger charge is 2.32. The zero-order chi connectivity index (χ0) is 26.9. The van der Waals surface area contributed by atoms with Gasteiger partial charge in [0.25, 0.3) is 0 Å². The molecule has 1 atom stereocenters. The van der Waals surface area contributed by atoms with Crippen LogP contribution in [0.1, 0.15) is 38.7 Å². The lowest BCUT2D eigenvalue weighted by Crippen LogP contribution is -2.52. The molecule has 0 bridgehead atoms. The number of halogens is 2. The largest absolute Gasteiger partial charge is 0.497 e. The van der Waals surface area contributed by atoms with E-state index in [4.69, 9.17) is 27.9 Å². The smallest absolute Gasteiger partial charge is 0.244 e. The predicted molar refractivity (Wildman–Crippen MR) is 144 cm³/mol. The van der Waals surface area contributed by atoms with Gasteiger partial charge in [0.1, 0.15) is 18.3 Å². The molecule has 0 aliphatic heterocycles. The van der Waals surface area contributed by atoms with Gasteiger partial charge in [-0.05, 0) is 54.8 Å². The Labute approximate surface area is 223 Å². The number of carbonyl (C=O) groups excluding carboxylic acids is 2. The summed E-state index contributed by atoms with van der Waals surface area (Å²) in [6.07, 6.45) is 3.07. The first-order valence-electron chi connectivity index (χ1n) is 11.6. The number of unbranched alkanes of at least 4 members (excludes halogenated alkanes) is 1. The van der Waals surface area contributed by atoms with E-state index < -0.39 is 28.5 Å². The summed E-state index contributed by atoms with van der Waals surface area (Å²) in [5.41, 5.74) is 0.890. The zero-order valence-electron chi connectivity index (χ0n) is 21.0. The summed E-state index contributed by atoms with van der Waals surface area (Å²) in [7, 11) is -2.32. The van der Waals surface area contributed by atoms with Crippen LogP contribution < -0.4 is 14.4 Å². The molecule has 0 heterocycles. The Bertz CT molecular complexity index is 1140. The van der Waals surface area contributed by atoms with Crippen molar-refractivity contribution in [3.8, 4) is 5.75 Å². The number of nitrogens with one attached hydrogen (secondary N) is 1. The highest BCUT2D eigenvalue weighted by Crippen LogP contribution is 2.25. The highest BCUT2D eigenvalue weighted by atomic mass is 35.5. The molecule has 36 heavy (non-hydrogen) atoms. The summed E-state index contributed by atoms with van der Waals surface area (Å²) in [6, 6.07) is 10.4. The van der Waals surface area contributed by atoms with E-state index in [1.807, 2.05) is 6.92 Å². The van der Waals surface area contributed by atoms with E-state index in [0.717, 1.165) is 23.4 Å². The van der Waals surface area contributed by atoms with Gasteiger partial charge in [0.2, 0.25) is 21.8 Å². The Morgan fingerprint density at radius 2 is 1.75 bits per heavy atom. The van der Waals surface area contributed by atoms with E-state index in [-0.39, 0.29) is 12.5 Å². The first-order chi connectivity index (χ1) is 17.0. The fourth-order valence-corrected chi connectivity index (χ4v) is 4.94. The van der Waals surface area contributed by atoms with Gasteiger partial charge in [0.15, 0.2) is 0 Å². The van der Waals surface area contributed by atoms with Gasteiger partial charge >= 0.3 is 0 Å². The summed E-state index contributed by atoms with van der Waals surface area (Å²) in [6.45, 7) is 3.81. The molecule has 0 spiro atoms. The summed E-state index contributed by atoms with van der Waals surface area (Å²) < 4.78 is 31.5. The maximum atomic E-state index is 13.7. The normalized spacial score (nSPS) is 12.1. The van der Waals surface area contributed by atoms with E-state index in [9.17, 15) is 18.0 Å². The standard InChI is InChI=1S/C25H33Cl2N3O5S/c1-5-7-14-28-25(32)23(6-2)29(16-18-8-9-19(26)15-22(18)27)24(31)17-30(36(4,33)34)20-10-12-21(35-3)13-11-20/h8-13,15,23H,5-7,14,16-17H2,1-4H3,(H,28,32)/t23-/m0/s1. The summed E-state index contributed by atoms with van der Waals surface area (Å²) in [5.74, 6) is -0.299. The van der Waals surface area contributed by atoms with Gasteiger partial charge in [0, 0.05) is 23.1 Å². The molecule has 2 rings (SSSR count). The molecular formula is C25H33Cl2N3O5S. The van der Waals surface area contributed by atoms with Crippen molar-refractivity contribution >= 4 is 50.7 Å². The number of methoxy groups -OCH3 is 1. The molecule has 0 unspecified atom stereocenters. The molecular weight excluding hydrogens is 525 g/mol. The third-order valence-corrected chi connectivity index (χ3v) is 7.34. The van der Waals surface area contributed by atoms with Crippen molar-refractivity contribution in [1.82, 2.24) is 10.2 Å². The molecule has 8 nitrogen and oxygen atoms in total. The Balaban J connectivity index is 2.43. The van der Waals surface area contributed by atoms with Gasteiger partial charge in [-0.3, -0.25) is 13.9 Å². The van der Waals surface area contributed by atoms with Gasteiger partial charge in [-0.1, -0.05) is 49.5 Å². The molecule has 0 aromatic heterocycles. The van der Waals surface area contributed by atoms with Crippen LogP contribution in [0.4, 0.5) is 5.69 Å². The van der Waals surface area contributed by atoms with Gasteiger partial charge in [-0.25, -0.2) is 8.42 Å². The van der Waals surface area contributed by atoms with Crippen LogP contribution in [0.2, 0.25) is 10.0 Å². The number of hydrogen-bond donors (Lipinski definition) is 1. The van der Waals surface area contributed by atoms with Gasteiger partial charge in [0.05, 0.1) is 19.1 Å². The topological polar surface area (TPSA) is 96.0 Å². The van der Waals surface area contributed by atoms with Crippen molar-refractivity contribution in [2.45, 2.75) is 45.7 Å². The number of amides is 2. The Hall–Kier alpha value is -2.49. The van der Waals surface area contributed by atoms with E-state index >= 15 is 0 Å². The lowest BCUT2D eigenvalue weighted by Gasteiger charge is -2.33. The fraction of sp³-hybridized carbons (Fsp3) is 0.440. The SMILES string of the molecule is CCCCNC(=O)[C@H](CC)N(Cc1ccc(Cl)cc1Cl)C(=O)CN(c1ccc(OC)cc1)S(C)(=O)=O. The Morgan fingerprint density at radius 3 is 2.28 bits per heavy atom. The zero-order valence-corrected chi connectivity index (χ0v) is 23.3. The molecule has 0 saturated carbocycles. The number of ether oxygens (including phenoxy) is 1. The number of benzene rings is 2. The minimum absolute atomic E-state index is 0.00868. The predicted octanol–water partition coefficient (Wildman–Crippen LogP) is 4.49.